The van der Waals surface area contributed by atoms with Gasteiger partial charge in [-0.1, -0.05) is 30.3 Å². The van der Waals surface area contributed by atoms with Gasteiger partial charge in [-0.2, -0.15) is 0 Å². The van der Waals surface area contributed by atoms with E-state index in [0.717, 1.165) is 4.57 Å². The molecule has 1 aromatic carbocycles. The third kappa shape index (κ3) is 2.81. The van der Waals surface area contributed by atoms with Crippen LogP contribution in [0.15, 0.2) is 52.2 Å². The van der Waals surface area contributed by atoms with E-state index in [4.69, 9.17) is 5.11 Å². The van der Waals surface area contributed by atoms with Crippen LogP contribution < -0.4 is 11.2 Å². The molecule has 1 aromatic heterocycles. The second-order valence-corrected chi connectivity index (χ2v) is 3.93. The smallest absolute Gasteiger partial charge is 0.329 e. The molecule has 1 radical (unpaired) electrons. The van der Waals surface area contributed by atoms with Gasteiger partial charge in [0.05, 0.1) is 6.61 Å². The number of hydrogen-bond acceptors (Lipinski definition) is 4. The Balaban J connectivity index is 2.56. The Labute approximate surface area is 108 Å². The Hall–Kier alpha value is -2.18. The molecule has 2 rings (SSSR count). The summed E-state index contributed by atoms with van der Waals surface area (Å²) in [6.45, 7) is -0.532. The Bertz CT molecular complexity index is 647. The van der Waals surface area contributed by atoms with Gasteiger partial charge < -0.3 is 10.2 Å². The van der Waals surface area contributed by atoms with Crippen LogP contribution >= 0.6 is 0 Å². The fourth-order valence-corrected chi connectivity index (χ4v) is 1.79. The van der Waals surface area contributed by atoms with E-state index in [-0.39, 0.29) is 6.04 Å². The Morgan fingerprint density at radius 3 is 2.47 bits per heavy atom. The second-order valence-electron chi connectivity index (χ2n) is 3.93. The highest BCUT2D eigenvalue weighted by Crippen LogP contribution is 2.18. The van der Waals surface area contributed by atoms with Crippen LogP contribution in [-0.4, -0.2) is 32.5 Å². The van der Waals surface area contributed by atoms with Crippen LogP contribution in [0.1, 0.15) is 5.56 Å². The lowest BCUT2D eigenvalue weighted by Crippen LogP contribution is -2.38. The van der Waals surface area contributed by atoms with E-state index >= 15 is 0 Å². The van der Waals surface area contributed by atoms with Gasteiger partial charge in [0.25, 0.3) is 5.56 Å². The maximum Gasteiger partial charge on any atom is 0.329 e. The summed E-state index contributed by atoms with van der Waals surface area (Å²) in [5.41, 5.74) is -0.607. The molecular formula is C13H13N2O4. The Kier molecular flexibility index (Phi) is 3.94. The summed E-state index contributed by atoms with van der Waals surface area (Å²) in [5, 5.41) is 19.0. The summed E-state index contributed by atoms with van der Waals surface area (Å²) < 4.78 is 1.11. The number of aliphatic hydroxyl groups excluding tert-OH is 2. The largest absolute Gasteiger partial charge is 0.394 e. The molecule has 1 atom stereocenters. The number of aromatic amines is 1. The fourth-order valence-electron chi connectivity index (χ4n) is 1.79. The predicted octanol–water partition coefficient (Wildman–Crippen LogP) is -0.682. The first-order valence-electron chi connectivity index (χ1n) is 5.67. The minimum absolute atomic E-state index is 0.212. The van der Waals surface area contributed by atoms with Crippen LogP contribution in [0.25, 0.3) is 0 Å². The van der Waals surface area contributed by atoms with Crippen molar-refractivity contribution in [2.24, 2.45) is 0 Å². The normalized spacial score (nSPS) is 12.6. The maximum atomic E-state index is 11.8. The molecule has 0 aliphatic carbocycles. The number of nitrogens with one attached hydrogen (secondary N) is 1. The SMILES string of the molecule is O=c1ccn([C](c2ccccc2)C(O)CO)c(=O)[nH]1. The van der Waals surface area contributed by atoms with Crippen LogP contribution in [0.4, 0.5) is 0 Å². The number of benzene rings is 1. The number of nitrogens with zero attached hydrogens (tertiary/aromatic N) is 1. The minimum Gasteiger partial charge on any atom is -0.394 e. The molecule has 0 fully saturated rings. The summed E-state index contributed by atoms with van der Waals surface area (Å²) in [6, 6.07) is 10.1. The summed E-state index contributed by atoms with van der Waals surface area (Å²) >= 11 is 0. The highest BCUT2D eigenvalue weighted by atomic mass is 16.3. The van der Waals surface area contributed by atoms with Crippen LogP contribution in [-0.2, 0) is 0 Å². The van der Waals surface area contributed by atoms with E-state index in [1.807, 2.05) is 0 Å². The van der Waals surface area contributed by atoms with Gasteiger partial charge in [-0.05, 0) is 5.56 Å². The predicted molar refractivity (Wildman–Crippen MR) is 68.6 cm³/mol. The maximum absolute atomic E-state index is 11.8. The van der Waals surface area contributed by atoms with Crippen molar-refractivity contribution in [3.63, 3.8) is 0 Å². The first kappa shape index (κ1) is 13.3. The Morgan fingerprint density at radius 1 is 1.21 bits per heavy atom. The molecule has 0 aliphatic rings. The van der Waals surface area contributed by atoms with Gasteiger partial charge in [0.1, 0.15) is 12.1 Å². The van der Waals surface area contributed by atoms with E-state index in [1.165, 1.54) is 12.3 Å². The number of aromatic nitrogens is 2. The first-order valence-corrected chi connectivity index (χ1v) is 5.67. The molecule has 19 heavy (non-hydrogen) atoms. The number of rotatable bonds is 4. The third-order valence-corrected chi connectivity index (χ3v) is 2.64. The molecule has 99 valence electrons. The summed E-state index contributed by atoms with van der Waals surface area (Å²) in [4.78, 5) is 24.9. The lowest BCUT2D eigenvalue weighted by molar-refractivity contribution is 0.102. The van der Waals surface area contributed by atoms with Crippen molar-refractivity contribution < 1.29 is 10.2 Å². The van der Waals surface area contributed by atoms with Gasteiger partial charge in [0.2, 0.25) is 0 Å². The lowest BCUT2D eigenvalue weighted by atomic mass is 10.0. The van der Waals surface area contributed by atoms with Crippen molar-refractivity contribution in [1.29, 1.82) is 0 Å². The molecule has 0 spiro atoms. The molecule has 0 bridgehead atoms. The van der Waals surface area contributed by atoms with Crippen LogP contribution in [0.3, 0.4) is 0 Å². The van der Waals surface area contributed by atoms with Crippen molar-refractivity contribution in [2.75, 3.05) is 6.61 Å². The van der Waals surface area contributed by atoms with E-state index < -0.39 is 24.0 Å². The van der Waals surface area contributed by atoms with Crippen LogP contribution in [0.5, 0.6) is 0 Å². The molecule has 0 aliphatic heterocycles. The fraction of sp³-hybridized carbons (Fsp3) is 0.154. The van der Waals surface area contributed by atoms with Crippen molar-refractivity contribution in [3.05, 3.63) is 75.0 Å². The zero-order valence-electron chi connectivity index (χ0n) is 9.98. The zero-order valence-corrected chi connectivity index (χ0v) is 9.98. The quantitative estimate of drug-likeness (QED) is 0.679. The van der Waals surface area contributed by atoms with Gasteiger partial charge in [-0.15, -0.1) is 0 Å². The third-order valence-electron chi connectivity index (χ3n) is 2.64. The lowest BCUT2D eigenvalue weighted by Gasteiger charge is -2.22. The molecule has 6 nitrogen and oxygen atoms in total. The van der Waals surface area contributed by atoms with Crippen LogP contribution in [0.2, 0.25) is 0 Å². The van der Waals surface area contributed by atoms with Crippen molar-refractivity contribution in [2.45, 2.75) is 6.10 Å². The monoisotopic (exact) mass is 261 g/mol. The van der Waals surface area contributed by atoms with Gasteiger partial charge in [0, 0.05) is 12.3 Å². The second kappa shape index (κ2) is 5.64. The van der Waals surface area contributed by atoms with E-state index in [0.29, 0.717) is 5.56 Å². The van der Waals surface area contributed by atoms with Crippen molar-refractivity contribution >= 4 is 0 Å². The standard InChI is InChI=1S/C13H13N2O4/c16-8-10(17)12(9-4-2-1-3-5-9)15-7-6-11(18)14-13(15)19/h1-7,10,16-17H,8H2,(H,14,18,19). The minimum atomic E-state index is -1.23. The molecule has 0 saturated carbocycles. The molecular weight excluding hydrogens is 248 g/mol. The summed E-state index contributed by atoms with van der Waals surface area (Å²) in [5.74, 6) is 0. The molecule has 1 unspecified atom stereocenters. The van der Waals surface area contributed by atoms with Gasteiger partial charge >= 0.3 is 5.69 Å². The van der Waals surface area contributed by atoms with Crippen LogP contribution in [0, 0.1) is 6.04 Å². The van der Waals surface area contributed by atoms with Crippen molar-refractivity contribution in [1.82, 2.24) is 9.55 Å². The average Bonchev–Trinajstić information content (AvgIpc) is 2.42. The van der Waals surface area contributed by atoms with Gasteiger partial charge in [0.15, 0.2) is 0 Å². The molecule has 0 saturated heterocycles. The summed E-state index contributed by atoms with van der Waals surface area (Å²) in [7, 11) is 0. The van der Waals surface area contributed by atoms with E-state index in [2.05, 4.69) is 4.98 Å². The molecule has 2 aromatic rings. The molecule has 6 heteroatoms. The zero-order chi connectivity index (χ0) is 13.8. The Morgan fingerprint density at radius 2 is 1.89 bits per heavy atom. The summed E-state index contributed by atoms with van der Waals surface area (Å²) in [6.07, 6.45) is 0.0357. The van der Waals surface area contributed by atoms with E-state index in [1.54, 1.807) is 30.3 Å². The number of hydrogen-bond donors (Lipinski definition) is 3. The van der Waals surface area contributed by atoms with E-state index in [9.17, 15) is 14.7 Å². The first-order chi connectivity index (χ1) is 9.13. The van der Waals surface area contributed by atoms with Gasteiger partial charge in [-0.3, -0.25) is 14.3 Å². The average molecular weight is 261 g/mol. The van der Waals surface area contributed by atoms with Crippen molar-refractivity contribution in [3.8, 4) is 0 Å². The number of aliphatic hydroxyl groups is 2. The topological polar surface area (TPSA) is 95.3 Å². The highest BCUT2D eigenvalue weighted by molar-refractivity contribution is 5.33. The number of H-pyrrole nitrogens is 1. The highest BCUT2D eigenvalue weighted by Gasteiger charge is 2.24. The van der Waals surface area contributed by atoms with Gasteiger partial charge in [-0.25, -0.2) is 4.79 Å². The molecule has 3 N–H and O–H groups in total. The molecule has 1 heterocycles. The molecule has 0 amide bonds.